The van der Waals surface area contributed by atoms with Crippen LogP contribution in [-0.4, -0.2) is 72.8 Å². The van der Waals surface area contributed by atoms with Crippen molar-refractivity contribution in [1.29, 1.82) is 0 Å². The van der Waals surface area contributed by atoms with Gasteiger partial charge in [0.1, 0.15) is 18.1 Å². The van der Waals surface area contributed by atoms with Gasteiger partial charge in [0.25, 0.3) is 5.91 Å². The van der Waals surface area contributed by atoms with Gasteiger partial charge in [-0.25, -0.2) is 0 Å². The van der Waals surface area contributed by atoms with Gasteiger partial charge in [0.2, 0.25) is 23.6 Å². The molecule has 5 amide bonds. The Hall–Kier alpha value is -3.74. The largest absolute Gasteiger partial charge is 0.619 e. The van der Waals surface area contributed by atoms with E-state index in [1.54, 1.807) is 6.92 Å². The van der Waals surface area contributed by atoms with Gasteiger partial charge in [-0.1, -0.05) is 54.4 Å². The third kappa shape index (κ3) is 13.8. The second-order valence-corrected chi connectivity index (χ2v) is 12.0. The van der Waals surface area contributed by atoms with Gasteiger partial charge >= 0.3 is 0 Å². The van der Waals surface area contributed by atoms with Crippen LogP contribution < -0.4 is 36.6 Å². The second-order valence-electron chi connectivity index (χ2n) is 12.0. The molecule has 45 heavy (non-hydrogen) atoms. The molecule has 0 aliphatic heterocycles. The maximum atomic E-state index is 13.5. The Morgan fingerprint density at radius 2 is 1.40 bits per heavy atom. The molecule has 0 radical (unpaired) electrons. The predicted octanol–water partition coefficient (Wildman–Crippen LogP) is 1.29. The predicted molar refractivity (Wildman–Crippen MR) is 173 cm³/mol. The number of aromatic nitrogens is 1. The SMILES string of the molecule is CCC[C@H](NC(=O)[C@@H](NC(=O)c1cc[n+]([O-])cc1)[C@@H](C)CC)C(=O)N[C@H](CN[C@@H](C)C(=O)N[C@@H](CC)C(=O)NCC)CC(C)C. The number of nitrogens with zero attached hydrogens (tertiary/aromatic N) is 1. The van der Waals surface area contributed by atoms with Gasteiger partial charge in [0.05, 0.1) is 11.6 Å². The minimum Gasteiger partial charge on any atom is -0.619 e. The molecule has 254 valence electrons. The average Bonchev–Trinajstić information content (AvgIpc) is 3.00. The van der Waals surface area contributed by atoms with E-state index in [1.165, 1.54) is 24.5 Å². The van der Waals surface area contributed by atoms with Crippen molar-refractivity contribution in [2.75, 3.05) is 13.1 Å². The molecule has 0 aromatic carbocycles. The van der Waals surface area contributed by atoms with E-state index < -0.39 is 36.0 Å². The highest BCUT2D eigenvalue weighted by atomic mass is 16.5. The van der Waals surface area contributed by atoms with Gasteiger partial charge in [0.15, 0.2) is 12.4 Å². The van der Waals surface area contributed by atoms with Crippen molar-refractivity contribution in [3.8, 4) is 0 Å². The van der Waals surface area contributed by atoms with Crippen molar-refractivity contribution in [3.05, 3.63) is 35.3 Å². The van der Waals surface area contributed by atoms with E-state index >= 15 is 0 Å². The molecule has 6 N–H and O–H groups in total. The molecule has 1 aromatic rings. The number of hydrogen-bond donors (Lipinski definition) is 6. The van der Waals surface area contributed by atoms with Gasteiger partial charge in [0, 0.05) is 31.3 Å². The minimum absolute atomic E-state index is 0.224. The van der Waals surface area contributed by atoms with E-state index in [2.05, 4.69) is 31.9 Å². The summed E-state index contributed by atoms with van der Waals surface area (Å²) in [6, 6.07) is -0.559. The van der Waals surface area contributed by atoms with E-state index in [1.807, 2.05) is 48.5 Å². The lowest BCUT2D eigenvalue weighted by Gasteiger charge is -2.28. The molecular formula is C32H55N7O6. The van der Waals surface area contributed by atoms with Crippen molar-refractivity contribution in [2.24, 2.45) is 11.8 Å². The van der Waals surface area contributed by atoms with Crippen LogP contribution in [0.3, 0.4) is 0 Å². The first-order valence-electron chi connectivity index (χ1n) is 16.2. The fourth-order valence-electron chi connectivity index (χ4n) is 4.73. The first-order valence-corrected chi connectivity index (χ1v) is 16.2. The van der Waals surface area contributed by atoms with Crippen LogP contribution in [0.5, 0.6) is 0 Å². The Morgan fingerprint density at radius 1 is 0.778 bits per heavy atom. The third-order valence-electron chi connectivity index (χ3n) is 7.61. The molecule has 0 aliphatic rings. The molecule has 6 atom stereocenters. The molecule has 0 fully saturated rings. The molecule has 0 bridgehead atoms. The van der Waals surface area contributed by atoms with E-state index in [-0.39, 0.29) is 41.2 Å². The highest BCUT2D eigenvalue weighted by Crippen LogP contribution is 2.12. The van der Waals surface area contributed by atoms with E-state index in [0.29, 0.717) is 49.9 Å². The summed E-state index contributed by atoms with van der Waals surface area (Å²) in [7, 11) is 0. The summed E-state index contributed by atoms with van der Waals surface area (Å²) in [6.45, 7) is 15.8. The van der Waals surface area contributed by atoms with Crippen LogP contribution in [0.4, 0.5) is 0 Å². The lowest BCUT2D eigenvalue weighted by Crippen LogP contribution is -2.58. The van der Waals surface area contributed by atoms with Gasteiger partial charge in [-0.3, -0.25) is 24.0 Å². The van der Waals surface area contributed by atoms with Crippen molar-refractivity contribution < 1.29 is 28.7 Å². The van der Waals surface area contributed by atoms with Gasteiger partial charge in [-0.05, 0) is 44.9 Å². The molecule has 13 heteroatoms. The Morgan fingerprint density at radius 3 is 1.93 bits per heavy atom. The monoisotopic (exact) mass is 633 g/mol. The summed E-state index contributed by atoms with van der Waals surface area (Å²) in [5.74, 6) is -1.86. The fraction of sp³-hybridized carbons (Fsp3) is 0.688. The van der Waals surface area contributed by atoms with E-state index in [4.69, 9.17) is 0 Å². The zero-order valence-electron chi connectivity index (χ0n) is 28.2. The Balaban J connectivity index is 2.95. The highest BCUT2D eigenvalue weighted by Gasteiger charge is 2.31. The number of likely N-dealkylation sites (N-methyl/N-ethyl adjacent to an activating group) is 1. The molecule has 1 aromatic heterocycles. The summed E-state index contributed by atoms with van der Waals surface area (Å²) in [4.78, 5) is 64.8. The maximum Gasteiger partial charge on any atom is 0.252 e. The Labute approximate surface area is 268 Å². The average molecular weight is 634 g/mol. The van der Waals surface area contributed by atoms with Crippen LogP contribution in [0, 0.1) is 17.0 Å². The van der Waals surface area contributed by atoms with Crippen molar-refractivity contribution >= 4 is 29.5 Å². The topological polar surface area (TPSA) is 184 Å². The highest BCUT2D eigenvalue weighted by molar-refractivity contribution is 5.98. The Bertz CT molecular complexity index is 1100. The lowest BCUT2D eigenvalue weighted by molar-refractivity contribution is -0.605. The third-order valence-corrected chi connectivity index (χ3v) is 7.61. The van der Waals surface area contributed by atoms with Gasteiger partial charge in [-0.2, -0.15) is 4.73 Å². The van der Waals surface area contributed by atoms with E-state index in [0.717, 1.165) is 0 Å². The van der Waals surface area contributed by atoms with Crippen molar-refractivity contribution in [3.63, 3.8) is 0 Å². The number of carbonyl (C=O) groups is 5. The van der Waals surface area contributed by atoms with Gasteiger partial charge < -0.3 is 37.1 Å². The van der Waals surface area contributed by atoms with Crippen LogP contribution in [0.2, 0.25) is 0 Å². The minimum atomic E-state index is -0.895. The summed E-state index contributed by atoms with van der Waals surface area (Å²) in [5, 5.41) is 28.7. The maximum absolute atomic E-state index is 13.5. The quantitative estimate of drug-likeness (QED) is 0.0923. The Kier molecular flexibility index (Phi) is 17.7. The summed E-state index contributed by atoms with van der Waals surface area (Å²) < 4.78 is 0.567. The molecule has 0 spiro atoms. The molecule has 13 nitrogen and oxygen atoms in total. The molecule has 1 heterocycles. The van der Waals surface area contributed by atoms with Crippen LogP contribution >= 0.6 is 0 Å². The molecule has 0 aliphatic carbocycles. The normalized spacial score (nSPS) is 15.1. The standard InChI is InChI=1S/C32H55N7O6/c1-9-13-26(37-32(44)27(21(7)10-2)38-29(41)23-14-16-39(45)17-15-23)31(43)35-24(18-20(5)6)19-34-22(8)28(40)36-25(11-3)30(42)33-12-4/h14-17,20-22,24-27,34H,9-13,18-19H2,1-8H3,(H,33,42)(H,35,43)(H,36,40)(H,37,44)(H,38,41)/t21-,22-,24-,25-,26-,27-/m0/s1. The van der Waals surface area contributed by atoms with Crippen molar-refractivity contribution in [1.82, 2.24) is 31.9 Å². The molecule has 0 saturated heterocycles. The first kappa shape index (κ1) is 39.3. The summed E-state index contributed by atoms with van der Waals surface area (Å²) in [5.41, 5.74) is 0.243. The van der Waals surface area contributed by atoms with Crippen LogP contribution in [0.15, 0.2) is 24.5 Å². The molecule has 0 unspecified atom stereocenters. The van der Waals surface area contributed by atoms with Gasteiger partial charge in [-0.15, -0.1) is 0 Å². The summed E-state index contributed by atoms with van der Waals surface area (Å²) in [6.07, 6.45) is 5.12. The number of pyridine rings is 1. The smallest absolute Gasteiger partial charge is 0.252 e. The molecule has 1 rings (SSSR count). The number of rotatable bonds is 20. The zero-order valence-corrected chi connectivity index (χ0v) is 28.2. The summed E-state index contributed by atoms with van der Waals surface area (Å²) >= 11 is 0. The number of hydrogen-bond acceptors (Lipinski definition) is 7. The zero-order chi connectivity index (χ0) is 34.1. The molecular weight excluding hydrogens is 578 g/mol. The lowest BCUT2D eigenvalue weighted by atomic mass is 9.97. The number of nitrogens with one attached hydrogen (secondary N) is 6. The first-order chi connectivity index (χ1) is 21.3. The van der Waals surface area contributed by atoms with E-state index in [9.17, 15) is 29.2 Å². The van der Waals surface area contributed by atoms with Crippen LogP contribution in [0.25, 0.3) is 0 Å². The van der Waals surface area contributed by atoms with Crippen LogP contribution in [0.1, 0.15) is 97.9 Å². The van der Waals surface area contributed by atoms with Crippen LogP contribution in [-0.2, 0) is 19.2 Å². The fourth-order valence-corrected chi connectivity index (χ4v) is 4.73. The second kappa shape index (κ2) is 20.3. The number of amides is 5. The van der Waals surface area contributed by atoms with Crippen molar-refractivity contribution in [2.45, 2.75) is 118 Å². The molecule has 0 saturated carbocycles. The number of carbonyl (C=O) groups excluding carboxylic acids is 5.